The highest BCUT2D eigenvalue weighted by atomic mass is 16.4. The van der Waals surface area contributed by atoms with Gasteiger partial charge in [-0.2, -0.15) is 0 Å². The van der Waals surface area contributed by atoms with E-state index in [0.717, 1.165) is 0 Å². The number of likely N-dealkylation sites (tertiary alicyclic amines) is 1. The topological polar surface area (TPSA) is 83.6 Å². The molecule has 1 aliphatic heterocycles. The van der Waals surface area contributed by atoms with E-state index in [1.807, 2.05) is 6.92 Å². The largest absolute Gasteiger partial charge is 0.481 e. The second kappa shape index (κ2) is 5.53. The lowest BCUT2D eigenvalue weighted by molar-refractivity contribution is -0.152. The molecule has 0 unspecified atom stereocenters. The van der Waals surface area contributed by atoms with Gasteiger partial charge in [0, 0.05) is 18.8 Å². The minimum Gasteiger partial charge on any atom is -0.481 e. The predicted molar refractivity (Wildman–Crippen MR) is 76.4 cm³/mol. The molecule has 0 aliphatic carbocycles. The summed E-state index contributed by atoms with van der Waals surface area (Å²) in [5.74, 6) is -0.871. The quantitative estimate of drug-likeness (QED) is 0.827. The maximum Gasteiger partial charge on any atom is 0.309 e. The summed E-state index contributed by atoms with van der Waals surface area (Å²) in [4.78, 5) is 25.5. The third-order valence-corrected chi connectivity index (χ3v) is 4.33. The van der Waals surface area contributed by atoms with Crippen LogP contribution in [0.3, 0.4) is 0 Å². The number of aliphatic carboxylic acids is 1. The number of amides is 1. The zero-order valence-corrected chi connectivity index (χ0v) is 11.6. The molecule has 3 N–H and O–H groups in total. The summed E-state index contributed by atoms with van der Waals surface area (Å²) in [5.41, 5.74) is 6.09. The van der Waals surface area contributed by atoms with E-state index in [4.69, 9.17) is 5.73 Å². The molecule has 1 aromatic carbocycles. The van der Waals surface area contributed by atoms with Crippen molar-refractivity contribution >= 4 is 17.6 Å². The normalized spacial score (nSPS) is 17.8. The molecule has 1 heterocycles. The van der Waals surface area contributed by atoms with Crippen molar-refractivity contribution in [2.75, 3.05) is 18.8 Å². The number of carboxylic acids is 1. The fourth-order valence-electron chi connectivity index (χ4n) is 2.72. The van der Waals surface area contributed by atoms with Gasteiger partial charge in [-0.25, -0.2) is 0 Å². The van der Waals surface area contributed by atoms with Crippen molar-refractivity contribution in [3.63, 3.8) is 0 Å². The van der Waals surface area contributed by atoms with Crippen molar-refractivity contribution < 1.29 is 14.7 Å². The Balaban J connectivity index is 2.10. The molecule has 108 valence electrons. The number of rotatable bonds is 3. The van der Waals surface area contributed by atoms with Crippen LogP contribution in [0.4, 0.5) is 5.69 Å². The Bertz CT molecular complexity index is 520. The number of nitrogens with two attached hydrogens (primary N) is 1. The van der Waals surface area contributed by atoms with Crippen LogP contribution in [-0.2, 0) is 4.79 Å². The van der Waals surface area contributed by atoms with Crippen LogP contribution < -0.4 is 5.73 Å². The summed E-state index contributed by atoms with van der Waals surface area (Å²) >= 11 is 0. The highest BCUT2D eigenvalue weighted by Gasteiger charge is 2.40. The van der Waals surface area contributed by atoms with Gasteiger partial charge in [0.2, 0.25) is 0 Å². The van der Waals surface area contributed by atoms with E-state index in [1.165, 1.54) is 0 Å². The van der Waals surface area contributed by atoms with Crippen LogP contribution in [0, 0.1) is 5.41 Å². The van der Waals surface area contributed by atoms with Crippen LogP contribution in [-0.4, -0.2) is 35.0 Å². The van der Waals surface area contributed by atoms with E-state index in [1.54, 1.807) is 29.2 Å². The predicted octanol–water partition coefficient (Wildman–Crippen LogP) is 1.99. The van der Waals surface area contributed by atoms with Gasteiger partial charge in [0.05, 0.1) is 11.0 Å². The maximum absolute atomic E-state index is 12.4. The monoisotopic (exact) mass is 276 g/mol. The van der Waals surface area contributed by atoms with Gasteiger partial charge in [-0.15, -0.1) is 0 Å². The van der Waals surface area contributed by atoms with Crippen molar-refractivity contribution in [2.45, 2.75) is 26.2 Å². The number of carbonyl (C=O) groups excluding carboxylic acids is 1. The Morgan fingerprint density at radius 3 is 2.40 bits per heavy atom. The Morgan fingerprint density at radius 2 is 1.90 bits per heavy atom. The minimum absolute atomic E-state index is 0.113. The minimum atomic E-state index is -0.758. The SMILES string of the molecule is CCC1(C(=O)O)CCN(C(=O)c2ccccc2N)CC1. The number of nitrogens with zero attached hydrogens (tertiary/aromatic N) is 1. The molecule has 5 heteroatoms. The van der Waals surface area contributed by atoms with Gasteiger partial charge in [0.1, 0.15) is 0 Å². The molecule has 20 heavy (non-hydrogen) atoms. The van der Waals surface area contributed by atoms with Gasteiger partial charge >= 0.3 is 5.97 Å². The lowest BCUT2D eigenvalue weighted by atomic mass is 9.76. The Morgan fingerprint density at radius 1 is 1.30 bits per heavy atom. The van der Waals surface area contributed by atoms with Gasteiger partial charge in [0.15, 0.2) is 0 Å². The molecule has 1 fully saturated rings. The van der Waals surface area contributed by atoms with E-state index in [9.17, 15) is 14.7 Å². The Kier molecular flexibility index (Phi) is 3.97. The van der Waals surface area contributed by atoms with Crippen LogP contribution in [0.15, 0.2) is 24.3 Å². The molecule has 1 aliphatic rings. The molecule has 0 aromatic heterocycles. The number of hydrogen-bond acceptors (Lipinski definition) is 3. The Hall–Kier alpha value is -2.04. The van der Waals surface area contributed by atoms with Gasteiger partial charge in [0.25, 0.3) is 5.91 Å². The molecular weight excluding hydrogens is 256 g/mol. The first-order chi connectivity index (χ1) is 9.50. The van der Waals surface area contributed by atoms with Crippen molar-refractivity contribution in [1.29, 1.82) is 0 Å². The summed E-state index contributed by atoms with van der Waals surface area (Å²) in [7, 11) is 0. The van der Waals surface area contributed by atoms with Crippen LogP contribution in [0.1, 0.15) is 36.5 Å². The van der Waals surface area contributed by atoms with Gasteiger partial charge in [-0.1, -0.05) is 19.1 Å². The molecule has 0 radical (unpaired) electrons. The molecule has 0 bridgehead atoms. The van der Waals surface area contributed by atoms with E-state index in [2.05, 4.69) is 0 Å². The van der Waals surface area contributed by atoms with E-state index >= 15 is 0 Å². The smallest absolute Gasteiger partial charge is 0.309 e. The molecule has 5 nitrogen and oxygen atoms in total. The number of benzene rings is 1. The first-order valence-corrected chi connectivity index (χ1v) is 6.87. The van der Waals surface area contributed by atoms with E-state index < -0.39 is 11.4 Å². The number of anilines is 1. The summed E-state index contributed by atoms with van der Waals surface area (Å²) < 4.78 is 0. The molecule has 0 spiro atoms. The van der Waals surface area contributed by atoms with Crippen LogP contribution >= 0.6 is 0 Å². The summed E-state index contributed by atoms with van der Waals surface area (Å²) in [6, 6.07) is 6.97. The first-order valence-electron chi connectivity index (χ1n) is 6.87. The van der Waals surface area contributed by atoms with Gasteiger partial charge in [-0.3, -0.25) is 9.59 Å². The van der Waals surface area contributed by atoms with Crippen molar-refractivity contribution in [3.8, 4) is 0 Å². The number of hydrogen-bond donors (Lipinski definition) is 2. The van der Waals surface area contributed by atoms with Gasteiger partial charge in [-0.05, 0) is 31.4 Å². The lowest BCUT2D eigenvalue weighted by Crippen LogP contribution is -2.46. The van der Waals surface area contributed by atoms with Crippen molar-refractivity contribution in [3.05, 3.63) is 29.8 Å². The average Bonchev–Trinajstić information content (AvgIpc) is 2.47. The molecule has 1 amide bonds. The third kappa shape index (κ3) is 2.48. The molecule has 2 rings (SSSR count). The van der Waals surface area contributed by atoms with Crippen LogP contribution in [0.25, 0.3) is 0 Å². The molecular formula is C15H20N2O3. The Labute approximate surface area is 118 Å². The lowest BCUT2D eigenvalue weighted by Gasteiger charge is -2.38. The van der Waals surface area contributed by atoms with Crippen LogP contribution in [0.2, 0.25) is 0 Å². The van der Waals surface area contributed by atoms with E-state index in [0.29, 0.717) is 43.6 Å². The number of carboxylic acid groups (broad SMARTS) is 1. The van der Waals surface area contributed by atoms with Gasteiger partial charge < -0.3 is 15.7 Å². The molecule has 0 atom stereocenters. The highest BCUT2D eigenvalue weighted by molar-refractivity contribution is 5.99. The van der Waals surface area contributed by atoms with Crippen molar-refractivity contribution in [1.82, 2.24) is 4.90 Å². The standard InChI is InChI=1S/C15H20N2O3/c1-2-15(14(19)20)7-9-17(10-8-15)13(18)11-5-3-4-6-12(11)16/h3-6H,2,7-10,16H2,1H3,(H,19,20). The van der Waals surface area contributed by atoms with Crippen molar-refractivity contribution in [2.24, 2.45) is 5.41 Å². The average molecular weight is 276 g/mol. The fourth-order valence-corrected chi connectivity index (χ4v) is 2.72. The number of carbonyl (C=O) groups is 2. The highest BCUT2D eigenvalue weighted by Crippen LogP contribution is 2.35. The second-order valence-electron chi connectivity index (χ2n) is 5.32. The van der Waals surface area contributed by atoms with E-state index in [-0.39, 0.29) is 5.91 Å². The van der Waals surface area contributed by atoms with Crippen LogP contribution in [0.5, 0.6) is 0 Å². The zero-order valence-electron chi connectivity index (χ0n) is 11.6. The first kappa shape index (κ1) is 14.4. The molecule has 1 saturated heterocycles. The number of para-hydroxylation sites is 1. The zero-order chi connectivity index (χ0) is 14.8. The third-order valence-electron chi connectivity index (χ3n) is 4.33. The summed E-state index contributed by atoms with van der Waals surface area (Å²) in [6.45, 7) is 2.82. The second-order valence-corrected chi connectivity index (χ2v) is 5.32. The number of nitrogen functional groups attached to an aromatic ring is 1. The fraction of sp³-hybridized carbons (Fsp3) is 0.467. The number of piperidine rings is 1. The summed E-state index contributed by atoms with van der Waals surface area (Å²) in [5, 5.41) is 9.35. The molecule has 1 aromatic rings. The summed E-state index contributed by atoms with van der Waals surface area (Å²) in [6.07, 6.45) is 1.59. The maximum atomic E-state index is 12.4. The molecule has 0 saturated carbocycles.